The number of nitrogens with zero attached hydrogens (tertiary/aromatic N) is 2. The predicted octanol–water partition coefficient (Wildman–Crippen LogP) is 3.58. The number of hydrogen-bond acceptors (Lipinski definition) is 9. The van der Waals surface area contributed by atoms with Gasteiger partial charge in [0.25, 0.3) is 15.9 Å². The van der Waals surface area contributed by atoms with Crippen molar-refractivity contribution in [3.63, 3.8) is 0 Å². The molecule has 1 saturated heterocycles. The molecule has 2 aromatic rings. The number of amides is 2. The van der Waals surface area contributed by atoms with Crippen LogP contribution in [0.2, 0.25) is 0 Å². The average molecular weight is 592 g/mol. The highest BCUT2D eigenvalue weighted by Crippen LogP contribution is 2.31. The van der Waals surface area contributed by atoms with Crippen LogP contribution in [0.1, 0.15) is 38.8 Å². The molecule has 0 radical (unpaired) electrons. The van der Waals surface area contributed by atoms with Crippen molar-refractivity contribution in [2.24, 2.45) is 0 Å². The molecular formula is C28H37N3O7S2. The predicted molar refractivity (Wildman–Crippen MR) is 154 cm³/mol. The van der Waals surface area contributed by atoms with E-state index in [9.17, 15) is 22.8 Å². The summed E-state index contributed by atoms with van der Waals surface area (Å²) < 4.78 is 39.5. The zero-order valence-corrected chi connectivity index (χ0v) is 25.5. The van der Waals surface area contributed by atoms with Gasteiger partial charge in [0.05, 0.1) is 11.0 Å². The Kier molecular flexibility index (Phi) is 9.91. The first-order valence-electron chi connectivity index (χ1n) is 12.8. The molecule has 2 amide bonds. The highest BCUT2D eigenvalue weighted by molar-refractivity contribution is 8.01. The Labute approximate surface area is 240 Å². The number of thioether (sulfide) groups is 1. The van der Waals surface area contributed by atoms with Crippen LogP contribution in [0.5, 0.6) is 5.75 Å². The zero-order valence-electron chi connectivity index (χ0n) is 23.8. The summed E-state index contributed by atoms with van der Waals surface area (Å²) in [6.45, 7) is 8.96. The van der Waals surface area contributed by atoms with Gasteiger partial charge in [0, 0.05) is 31.8 Å². The molecule has 1 aliphatic heterocycles. The van der Waals surface area contributed by atoms with Gasteiger partial charge in [-0.05, 0) is 64.4 Å². The number of hydrogen-bond donors (Lipinski definition) is 1. The van der Waals surface area contributed by atoms with E-state index in [0.717, 1.165) is 5.56 Å². The fourth-order valence-corrected chi connectivity index (χ4v) is 6.86. The van der Waals surface area contributed by atoms with E-state index in [1.54, 1.807) is 64.3 Å². The van der Waals surface area contributed by atoms with Crippen LogP contribution in [0.4, 0.5) is 4.79 Å². The topological polar surface area (TPSA) is 122 Å². The lowest BCUT2D eigenvalue weighted by molar-refractivity contribution is -0.155. The summed E-state index contributed by atoms with van der Waals surface area (Å²) in [6.07, 6.45) is -1.25. The summed E-state index contributed by atoms with van der Waals surface area (Å²) in [5.74, 6) is -0.740. The molecule has 1 heterocycles. The third-order valence-electron chi connectivity index (χ3n) is 5.98. The Morgan fingerprint density at radius 3 is 2.15 bits per heavy atom. The molecule has 10 nitrogen and oxygen atoms in total. The summed E-state index contributed by atoms with van der Waals surface area (Å²) in [5.41, 5.74) is 0.981. The number of carbonyl (C=O) groups excluding carboxylic acids is 3. The molecule has 1 aliphatic rings. The van der Waals surface area contributed by atoms with Crippen LogP contribution < -0.4 is 10.1 Å². The summed E-state index contributed by atoms with van der Waals surface area (Å²) in [5, 5.41) is 2.30. The Bertz CT molecular complexity index is 1320. The van der Waals surface area contributed by atoms with Crippen LogP contribution in [0.3, 0.4) is 0 Å². The van der Waals surface area contributed by atoms with Crippen molar-refractivity contribution in [3.8, 4) is 5.75 Å². The number of nitrogens with one attached hydrogen (secondary N) is 1. The van der Waals surface area contributed by atoms with Gasteiger partial charge < -0.3 is 14.4 Å². The smallest absolute Gasteiger partial charge is 0.414 e. The van der Waals surface area contributed by atoms with Gasteiger partial charge in [0.15, 0.2) is 0 Å². The van der Waals surface area contributed by atoms with E-state index in [0.29, 0.717) is 15.6 Å². The van der Waals surface area contributed by atoms with Gasteiger partial charge in [0.1, 0.15) is 17.2 Å². The van der Waals surface area contributed by atoms with Crippen molar-refractivity contribution in [1.29, 1.82) is 0 Å². The molecule has 0 bridgehead atoms. The van der Waals surface area contributed by atoms with E-state index in [1.807, 2.05) is 20.8 Å². The number of carbonyl (C=O) groups is 3. The van der Waals surface area contributed by atoms with Crippen LogP contribution in [0.15, 0.2) is 53.4 Å². The van der Waals surface area contributed by atoms with Gasteiger partial charge in [-0.2, -0.15) is 0 Å². The molecule has 12 heteroatoms. The first-order chi connectivity index (χ1) is 18.6. The standard InChI is InChI=1S/C28H37N3O7S2/c1-18(2)37-26(33)23(16-20-10-12-21(13-11-20)38-27(34)30(6)7)31(25(32)24-29-28(4,5)17-39-24)40(35,36)22-14-8-19(3)9-15-22/h8-15,18,23-24,29H,16-17H2,1-7H3/t23-,24-/m0/s1. The molecule has 2 atom stereocenters. The molecule has 0 unspecified atom stereocenters. The van der Waals surface area contributed by atoms with Crippen molar-refractivity contribution in [1.82, 2.24) is 14.5 Å². The van der Waals surface area contributed by atoms with E-state index in [4.69, 9.17) is 9.47 Å². The highest BCUT2D eigenvalue weighted by atomic mass is 32.2. The van der Waals surface area contributed by atoms with E-state index in [-0.39, 0.29) is 17.1 Å². The zero-order chi connectivity index (χ0) is 29.8. The maximum Gasteiger partial charge on any atom is 0.414 e. The van der Waals surface area contributed by atoms with Gasteiger partial charge in [-0.1, -0.05) is 29.8 Å². The summed E-state index contributed by atoms with van der Waals surface area (Å²) in [4.78, 5) is 40.5. The number of esters is 1. The molecule has 40 heavy (non-hydrogen) atoms. The number of ether oxygens (including phenoxy) is 2. The Morgan fingerprint density at radius 2 is 1.65 bits per heavy atom. The molecule has 2 aromatic carbocycles. The Hall–Kier alpha value is -3.09. The summed E-state index contributed by atoms with van der Waals surface area (Å²) in [6, 6.07) is 10.9. The van der Waals surface area contributed by atoms with Crippen LogP contribution in [0, 0.1) is 6.92 Å². The Morgan fingerprint density at radius 1 is 1.05 bits per heavy atom. The van der Waals surface area contributed by atoms with Crippen LogP contribution >= 0.6 is 11.8 Å². The minimum atomic E-state index is -4.47. The minimum Gasteiger partial charge on any atom is -0.461 e. The first-order valence-corrected chi connectivity index (χ1v) is 15.3. The molecule has 3 rings (SSSR count). The second kappa shape index (κ2) is 12.6. The van der Waals surface area contributed by atoms with E-state index >= 15 is 0 Å². The Balaban J connectivity index is 2.06. The first kappa shape index (κ1) is 31.4. The lowest BCUT2D eigenvalue weighted by Crippen LogP contribution is -2.56. The second-order valence-corrected chi connectivity index (χ2v) is 13.7. The molecule has 0 aromatic heterocycles. The number of sulfonamides is 1. The third-order valence-corrected chi connectivity index (χ3v) is 9.34. The van der Waals surface area contributed by atoms with Crippen molar-refractivity contribution < 1.29 is 32.3 Å². The van der Waals surface area contributed by atoms with Crippen molar-refractivity contribution >= 4 is 39.8 Å². The largest absolute Gasteiger partial charge is 0.461 e. The van der Waals surface area contributed by atoms with Crippen molar-refractivity contribution in [3.05, 3.63) is 59.7 Å². The molecule has 0 aliphatic carbocycles. The second-order valence-electron chi connectivity index (χ2n) is 10.8. The lowest BCUT2D eigenvalue weighted by Gasteiger charge is -2.32. The quantitative estimate of drug-likeness (QED) is 0.436. The van der Waals surface area contributed by atoms with Gasteiger partial charge >= 0.3 is 12.1 Å². The van der Waals surface area contributed by atoms with Gasteiger partial charge in [-0.3, -0.25) is 10.1 Å². The SMILES string of the molecule is Cc1ccc(S(=O)(=O)N(C(=O)[C@H]2NC(C)(C)CS2)[C@@H](Cc2ccc(OC(=O)N(C)C)cc2)C(=O)OC(C)C)cc1. The maximum absolute atomic E-state index is 14.1. The highest BCUT2D eigenvalue weighted by Gasteiger charge is 2.46. The number of benzene rings is 2. The van der Waals surface area contributed by atoms with Gasteiger partial charge in [0.2, 0.25) is 0 Å². The van der Waals surface area contributed by atoms with Crippen LogP contribution in [-0.4, -0.2) is 78.5 Å². The monoisotopic (exact) mass is 591 g/mol. The van der Waals surface area contributed by atoms with E-state index in [1.165, 1.54) is 28.8 Å². The summed E-state index contributed by atoms with van der Waals surface area (Å²) >= 11 is 1.29. The molecule has 1 N–H and O–H groups in total. The maximum atomic E-state index is 14.1. The molecular weight excluding hydrogens is 554 g/mol. The van der Waals surface area contributed by atoms with Crippen LogP contribution in [-0.2, 0) is 30.8 Å². The minimum absolute atomic E-state index is 0.109. The van der Waals surface area contributed by atoms with E-state index in [2.05, 4.69) is 5.32 Å². The molecule has 0 saturated carbocycles. The average Bonchev–Trinajstić information content (AvgIpc) is 3.23. The molecule has 218 valence electrons. The molecule has 1 fully saturated rings. The van der Waals surface area contributed by atoms with Crippen molar-refractivity contribution in [2.45, 2.75) is 69.0 Å². The normalized spacial score (nSPS) is 17.2. The van der Waals surface area contributed by atoms with E-state index < -0.39 is 51.1 Å². The number of aryl methyl sites for hydroxylation is 1. The summed E-state index contributed by atoms with van der Waals surface area (Å²) in [7, 11) is -1.36. The fraction of sp³-hybridized carbons (Fsp3) is 0.464. The third kappa shape index (κ3) is 7.76. The van der Waals surface area contributed by atoms with Gasteiger partial charge in [-0.15, -0.1) is 11.8 Å². The molecule has 0 spiro atoms. The van der Waals surface area contributed by atoms with Crippen LogP contribution in [0.25, 0.3) is 0 Å². The fourth-order valence-electron chi connectivity index (χ4n) is 3.92. The number of rotatable bonds is 9. The van der Waals surface area contributed by atoms with Gasteiger partial charge in [-0.25, -0.2) is 22.3 Å². The van der Waals surface area contributed by atoms with Crippen molar-refractivity contribution in [2.75, 3.05) is 19.8 Å². The lowest BCUT2D eigenvalue weighted by atomic mass is 10.1.